The molecule has 0 unspecified atom stereocenters. The number of carbonyl (C=O) groups excluding carboxylic acids is 1. The Morgan fingerprint density at radius 3 is 2.29 bits per heavy atom. The van der Waals surface area contributed by atoms with E-state index in [9.17, 15) is 22.8 Å². The maximum Gasteiger partial charge on any atom is 0.490 e. The maximum atomic E-state index is 13.1. The summed E-state index contributed by atoms with van der Waals surface area (Å²) >= 11 is 0. The molecule has 9 nitrogen and oxygen atoms in total. The molecular formula is C22H23F3N2O7. The number of nitrogens with two attached hydrogens (primary N) is 1. The van der Waals surface area contributed by atoms with Gasteiger partial charge in [0.15, 0.2) is 0 Å². The van der Waals surface area contributed by atoms with Crippen LogP contribution in [0.5, 0.6) is 11.5 Å². The molecule has 1 aliphatic heterocycles. The fourth-order valence-electron chi connectivity index (χ4n) is 3.04. The van der Waals surface area contributed by atoms with Crippen LogP contribution in [0.1, 0.15) is 28.4 Å². The number of hydrogen-bond donors (Lipinski definition) is 3. The van der Waals surface area contributed by atoms with Crippen LogP contribution in [-0.4, -0.2) is 65.4 Å². The summed E-state index contributed by atoms with van der Waals surface area (Å²) in [6, 6.07) is 13.9. The first kappa shape index (κ1) is 26.5. The van der Waals surface area contributed by atoms with E-state index in [0.29, 0.717) is 30.2 Å². The molecule has 2 aromatic carbocycles. The van der Waals surface area contributed by atoms with Gasteiger partial charge >= 0.3 is 18.1 Å². The molecule has 0 saturated heterocycles. The lowest BCUT2D eigenvalue weighted by molar-refractivity contribution is -0.192. The first-order valence-electron chi connectivity index (χ1n) is 10.0. The van der Waals surface area contributed by atoms with Gasteiger partial charge in [-0.1, -0.05) is 24.3 Å². The Kier molecular flexibility index (Phi) is 9.25. The molecule has 0 fully saturated rings. The summed E-state index contributed by atoms with van der Waals surface area (Å²) in [4.78, 5) is 34.6. The van der Waals surface area contributed by atoms with Crippen LogP contribution in [0.15, 0.2) is 48.5 Å². The van der Waals surface area contributed by atoms with E-state index in [1.165, 1.54) is 0 Å². The second kappa shape index (κ2) is 11.9. The van der Waals surface area contributed by atoms with E-state index in [4.69, 9.17) is 30.2 Å². The molecule has 0 aliphatic carbocycles. The fraction of sp³-hybridized carbons (Fsp3) is 0.318. The maximum absolute atomic E-state index is 13.1. The van der Waals surface area contributed by atoms with Crippen molar-refractivity contribution < 1.29 is 47.2 Å². The average molecular weight is 484 g/mol. The van der Waals surface area contributed by atoms with Gasteiger partial charge in [-0.05, 0) is 29.8 Å². The SMILES string of the molecule is NCCOc1ccc([C@H]2COc3ccccc3C(=O)N2CCC(=O)O)cc1.O=C(O)C(F)(F)F. The van der Waals surface area contributed by atoms with Gasteiger partial charge in [0, 0.05) is 13.1 Å². The smallest absolute Gasteiger partial charge is 0.490 e. The quantitative estimate of drug-likeness (QED) is 0.545. The first-order valence-corrected chi connectivity index (χ1v) is 10.0. The van der Waals surface area contributed by atoms with Crippen LogP contribution in [-0.2, 0) is 9.59 Å². The van der Waals surface area contributed by atoms with Crippen molar-refractivity contribution in [1.82, 2.24) is 4.90 Å². The van der Waals surface area contributed by atoms with Crippen LogP contribution in [0.2, 0.25) is 0 Å². The van der Waals surface area contributed by atoms with E-state index in [1.807, 2.05) is 24.3 Å². The molecule has 1 atom stereocenters. The Hall–Kier alpha value is -3.80. The number of hydrogen-bond acceptors (Lipinski definition) is 6. The van der Waals surface area contributed by atoms with Gasteiger partial charge in [-0.25, -0.2) is 4.79 Å². The molecule has 0 bridgehead atoms. The largest absolute Gasteiger partial charge is 0.492 e. The Morgan fingerprint density at radius 2 is 1.74 bits per heavy atom. The van der Waals surface area contributed by atoms with E-state index >= 15 is 0 Å². The Balaban J connectivity index is 0.000000509. The molecule has 12 heteroatoms. The molecule has 34 heavy (non-hydrogen) atoms. The molecule has 4 N–H and O–H groups in total. The average Bonchev–Trinajstić information content (AvgIpc) is 2.93. The highest BCUT2D eigenvalue weighted by atomic mass is 19.4. The second-order valence-corrected chi connectivity index (χ2v) is 6.97. The highest BCUT2D eigenvalue weighted by Gasteiger charge is 2.38. The number of ether oxygens (including phenoxy) is 2. The summed E-state index contributed by atoms with van der Waals surface area (Å²) in [5.74, 6) is -2.76. The minimum atomic E-state index is -5.08. The molecule has 2 aromatic rings. The number of rotatable bonds is 7. The van der Waals surface area contributed by atoms with Gasteiger partial charge in [0.05, 0.1) is 18.0 Å². The number of para-hydroxylation sites is 1. The standard InChI is InChI=1S/C20H22N2O5.C2HF3O2/c21-10-12-26-15-7-5-14(6-8-15)17-13-27-18-4-2-1-3-16(18)20(25)22(17)11-9-19(23)24;3-2(4,5)1(6)7/h1-8,17H,9-13,21H2,(H,23,24);(H,6,7)/t17-;/m1./s1. The number of carbonyl (C=O) groups is 3. The van der Waals surface area contributed by atoms with E-state index in [2.05, 4.69) is 0 Å². The van der Waals surface area contributed by atoms with Crippen molar-refractivity contribution in [2.75, 3.05) is 26.3 Å². The number of halogens is 3. The third-order valence-electron chi connectivity index (χ3n) is 4.61. The first-order chi connectivity index (χ1) is 16.0. The molecule has 3 rings (SSSR count). The highest BCUT2D eigenvalue weighted by Crippen LogP contribution is 2.32. The van der Waals surface area contributed by atoms with Crippen molar-refractivity contribution in [3.63, 3.8) is 0 Å². The van der Waals surface area contributed by atoms with Crippen LogP contribution in [0.25, 0.3) is 0 Å². The normalized spacial score (nSPS) is 15.2. The van der Waals surface area contributed by atoms with E-state index in [-0.39, 0.29) is 25.5 Å². The topological polar surface area (TPSA) is 139 Å². The number of aliphatic carboxylic acids is 2. The summed E-state index contributed by atoms with van der Waals surface area (Å²) in [5, 5.41) is 16.2. The van der Waals surface area contributed by atoms with Crippen molar-refractivity contribution in [1.29, 1.82) is 0 Å². The molecule has 1 aliphatic rings. The van der Waals surface area contributed by atoms with Crippen molar-refractivity contribution >= 4 is 17.8 Å². The van der Waals surface area contributed by atoms with Crippen LogP contribution in [0.4, 0.5) is 13.2 Å². The predicted molar refractivity (Wildman–Crippen MR) is 113 cm³/mol. The van der Waals surface area contributed by atoms with Crippen LogP contribution < -0.4 is 15.2 Å². The molecule has 0 radical (unpaired) electrons. The molecular weight excluding hydrogens is 461 g/mol. The number of benzene rings is 2. The van der Waals surface area contributed by atoms with Gasteiger partial charge < -0.3 is 30.3 Å². The van der Waals surface area contributed by atoms with Gasteiger partial charge in [-0.2, -0.15) is 13.2 Å². The third-order valence-corrected chi connectivity index (χ3v) is 4.61. The molecule has 0 saturated carbocycles. The third kappa shape index (κ3) is 7.37. The van der Waals surface area contributed by atoms with Crippen molar-refractivity contribution in [3.8, 4) is 11.5 Å². The molecule has 1 amide bonds. The Morgan fingerprint density at radius 1 is 1.12 bits per heavy atom. The molecule has 0 spiro atoms. The van der Waals surface area contributed by atoms with Crippen molar-refractivity contribution in [2.45, 2.75) is 18.6 Å². The van der Waals surface area contributed by atoms with Gasteiger partial charge in [0.2, 0.25) is 0 Å². The lowest BCUT2D eigenvalue weighted by atomic mass is 10.0. The van der Waals surface area contributed by atoms with E-state index < -0.39 is 24.2 Å². The number of fused-ring (bicyclic) bond motifs is 1. The van der Waals surface area contributed by atoms with Gasteiger partial charge in [0.25, 0.3) is 5.91 Å². The zero-order valence-electron chi connectivity index (χ0n) is 17.8. The van der Waals surface area contributed by atoms with Gasteiger partial charge in [-0.15, -0.1) is 0 Å². The monoisotopic (exact) mass is 484 g/mol. The van der Waals surface area contributed by atoms with Crippen LogP contribution in [0, 0.1) is 0 Å². The number of nitrogens with zero attached hydrogens (tertiary/aromatic N) is 1. The number of carboxylic acid groups (broad SMARTS) is 2. The summed E-state index contributed by atoms with van der Waals surface area (Å²) < 4.78 is 43.1. The lowest BCUT2D eigenvalue weighted by Gasteiger charge is -2.29. The number of carboxylic acids is 2. The molecule has 0 aromatic heterocycles. The lowest BCUT2D eigenvalue weighted by Crippen LogP contribution is -2.37. The number of amides is 1. The summed E-state index contributed by atoms with van der Waals surface area (Å²) in [5.41, 5.74) is 6.73. The molecule has 1 heterocycles. The Labute approximate surface area is 192 Å². The number of alkyl halides is 3. The predicted octanol–water partition coefficient (Wildman–Crippen LogP) is 2.71. The summed E-state index contributed by atoms with van der Waals surface area (Å²) in [7, 11) is 0. The zero-order chi connectivity index (χ0) is 25.3. The summed E-state index contributed by atoms with van der Waals surface area (Å²) in [6.45, 7) is 1.19. The van der Waals surface area contributed by atoms with Gasteiger partial charge in [-0.3, -0.25) is 9.59 Å². The van der Waals surface area contributed by atoms with Gasteiger partial charge in [0.1, 0.15) is 24.7 Å². The fourth-order valence-corrected chi connectivity index (χ4v) is 3.04. The summed E-state index contributed by atoms with van der Waals surface area (Å²) in [6.07, 6.45) is -5.22. The minimum absolute atomic E-state index is 0.0992. The Bertz CT molecular complexity index is 997. The van der Waals surface area contributed by atoms with E-state index in [1.54, 1.807) is 29.2 Å². The van der Waals surface area contributed by atoms with Crippen LogP contribution in [0.3, 0.4) is 0 Å². The van der Waals surface area contributed by atoms with E-state index in [0.717, 1.165) is 5.56 Å². The second-order valence-electron chi connectivity index (χ2n) is 6.97. The zero-order valence-corrected chi connectivity index (χ0v) is 17.8. The minimum Gasteiger partial charge on any atom is -0.492 e. The van der Waals surface area contributed by atoms with Crippen molar-refractivity contribution in [3.05, 3.63) is 59.7 Å². The van der Waals surface area contributed by atoms with Crippen LogP contribution >= 0.6 is 0 Å². The molecule has 184 valence electrons. The highest BCUT2D eigenvalue weighted by molar-refractivity contribution is 5.97. The van der Waals surface area contributed by atoms with Crippen molar-refractivity contribution in [2.24, 2.45) is 5.73 Å².